The number of amides is 1. The average Bonchev–Trinajstić information content (AvgIpc) is 2.79. The fraction of sp³-hybridized carbons (Fsp3) is 0.182. The summed E-state index contributed by atoms with van der Waals surface area (Å²) in [6.45, 7) is 1.25. The minimum absolute atomic E-state index is 0.0864. The van der Waals surface area contributed by atoms with Crippen LogP contribution >= 0.6 is 11.6 Å². The molecule has 3 aromatic rings. The fourth-order valence-electron chi connectivity index (χ4n) is 2.70. The van der Waals surface area contributed by atoms with Gasteiger partial charge in [-0.25, -0.2) is 4.79 Å². The first-order valence-corrected chi connectivity index (χ1v) is 9.93. The van der Waals surface area contributed by atoms with Gasteiger partial charge in [0.1, 0.15) is 5.75 Å². The van der Waals surface area contributed by atoms with Crippen LogP contribution in [0.5, 0.6) is 11.5 Å². The van der Waals surface area contributed by atoms with Crippen molar-refractivity contribution in [2.45, 2.75) is 6.92 Å². The van der Waals surface area contributed by atoms with E-state index in [1.807, 2.05) is 0 Å². The van der Waals surface area contributed by atoms with Gasteiger partial charge in [-0.2, -0.15) is 9.78 Å². The van der Waals surface area contributed by atoms with Gasteiger partial charge in [-0.3, -0.25) is 9.59 Å². The number of aromatic nitrogens is 2. The Morgan fingerprint density at radius 2 is 1.84 bits per heavy atom. The minimum atomic E-state index is -0.807. The van der Waals surface area contributed by atoms with E-state index in [4.69, 9.17) is 25.8 Å². The van der Waals surface area contributed by atoms with Crippen molar-refractivity contribution in [2.24, 2.45) is 0 Å². The Labute approximate surface area is 188 Å². The normalized spacial score (nSPS) is 10.3. The number of anilines is 1. The van der Waals surface area contributed by atoms with Crippen molar-refractivity contribution in [3.05, 3.63) is 75.7 Å². The maximum atomic E-state index is 12.6. The molecule has 1 N–H and O–H groups in total. The number of nitrogens with one attached hydrogen (secondary N) is 1. The van der Waals surface area contributed by atoms with E-state index in [9.17, 15) is 14.4 Å². The third kappa shape index (κ3) is 5.44. The number of hydrogen-bond donors (Lipinski definition) is 1. The third-order valence-electron chi connectivity index (χ3n) is 4.18. The molecule has 0 bridgehead atoms. The van der Waals surface area contributed by atoms with Gasteiger partial charge in [-0.15, -0.1) is 0 Å². The van der Waals surface area contributed by atoms with Crippen molar-refractivity contribution in [3.63, 3.8) is 0 Å². The highest BCUT2D eigenvalue weighted by atomic mass is 35.5. The maximum absolute atomic E-state index is 12.6. The second-order valence-electron chi connectivity index (χ2n) is 6.34. The number of ether oxygens (including phenoxy) is 3. The topological polar surface area (TPSA) is 109 Å². The molecule has 0 saturated carbocycles. The standard InChI is InChI=1S/C22H20ClN3O6/c1-3-31-22(29)21-18(12-20(28)26(25-21)17-7-5-4-6-16(17)23)32-13-19(27)24-14-8-10-15(30-2)11-9-14/h4-12H,3,13H2,1-2H3,(H,24,27). The molecule has 3 rings (SSSR count). The Morgan fingerprint density at radius 3 is 2.50 bits per heavy atom. The van der Waals surface area contributed by atoms with E-state index < -0.39 is 24.0 Å². The summed E-state index contributed by atoms with van der Waals surface area (Å²) in [7, 11) is 1.54. The lowest BCUT2D eigenvalue weighted by atomic mass is 10.3. The summed E-state index contributed by atoms with van der Waals surface area (Å²) in [5, 5.41) is 6.99. The van der Waals surface area contributed by atoms with Crippen LogP contribution < -0.4 is 20.3 Å². The van der Waals surface area contributed by atoms with Crippen molar-refractivity contribution in [1.29, 1.82) is 0 Å². The number of methoxy groups -OCH3 is 1. The molecule has 1 aromatic heterocycles. The molecular weight excluding hydrogens is 438 g/mol. The lowest BCUT2D eigenvalue weighted by Crippen LogP contribution is -2.27. The van der Waals surface area contributed by atoms with Crippen molar-refractivity contribution in [1.82, 2.24) is 9.78 Å². The molecule has 32 heavy (non-hydrogen) atoms. The highest BCUT2D eigenvalue weighted by molar-refractivity contribution is 6.32. The van der Waals surface area contributed by atoms with Crippen LogP contribution in [0.1, 0.15) is 17.4 Å². The molecule has 0 aliphatic rings. The molecule has 0 radical (unpaired) electrons. The van der Waals surface area contributed by atoms with Crippen molar-refractivity contribution >= 4 is 29.2 Å². The Kier molecular flexibility index (Phi) is 7.45. The molecule has 2 aromatic carbocycles. The van der Waals surface area contributed by atoms with Gasteiger partial charge < -0.3 is 19.5 Å². The summed E-state index contributed by atoms with van der Waals surface area (Å²) in [6, 6.07) is 14.3. The smallest absolute Gasteiger partial charge is 0.362 e. The zero-order chi connectivity index (χ0) is 23.1. The predicted octanol–water partition coefficient (Wildman–Crippen LogP) is 3.09. The molecule has 166 valence electrons. The molecule has 0 aliphatic heterocycles. The van der Waals surface area contributed by atoms with E-state index in [2.05, 4.69) is 10.4 Å². The van der Waals surface area contributed by atoms with Crippen LogP contribution in [0.3, 0.4) is 0 Å². The fourth-order valence-corrected chi connectivity index (χ4v) is 2.92. The number of benzene rings is 2. The summed E-state index contributed by atoms with van der Waals surface area (Å²) in [5.74, 6) is -0.843. The molecule has 0 spiro atoms. The molecule has 0 saturated heterocycles. The van der Waals surface area contributed by atoms with E-state index in [1.54, 1.807) is 55.5 Å². The second kappa shape index (κ2) is 10.5. The van der Waals surface area contributed by atoms with Gasteiger partial charge in [0.25, 0.3) is 11.5 Å². The predicted molar refractivity (Wildman–Crippen MR) is 118 cm³/mol. The van der Waals surface area contributed by atoms with Gasteiger partial charge in [-0.1, -0.05) is 23.7 Å². The van der Waals surface area contributed by atoms with E-state index in [1.165, 1.54) is 7.11 Å². The van der Waals surface area contributed by atoms with Gasteiger partial charge in [0.05, 0.1) is 30.5 Å². The number of halogens is 1. The maximum Gasteiger partial charge on any atom is 0.362 e. The third-order valence-corrected chi connectivity index (χ3v) is 4.50. The largest absolute Gasteiger partial charge is 0.497 e. The average molecular weight is 458 g/mol. The number of carbonyl (C=O) groups is 2. The van der Waals surface area contributed by atoms with Crippen molar-refractivity contribution in [3.8, 4) is 17.2 Å². The van der Waals surface area contributed by atoms with E-state index >= 15 is 0 Å². The van der Waals surface area contributed by atoms with Gasteiger partial charge in [0, 0.05) is 5.69 Å². The van der Waals surface area contributed by atoms with Crippen LogP contribution in [0.15, 0.2) is 59.4 Å². The molecule has 0 atom stereocenters. The Morgan fingerprint density at radius 1 is 1.12 bits per heavy atom. The van der Waals surface area contributed by atoms with Crippen LogP contribution in [0.2, 0.25) is 5.02 Å². The molecule has 1 heterocycles. The molecular formula is C22H20ClN3O6. The summed E-state index contributed by atoms with van der Waals surface area (Å²) in [4.78, 5) is 37.3. The van der Waals surface area contributed by atoms with Gasteiger partial charge >= 0.3 is 5.97 Å². The SMILES string of the molecule is CCOC(=O)c1nn(-c2ccccc2Cl)c(=O)cc1OCC(=O)Nc1ccc(OC)cc1. The van der Waals surface area contributed by atoms with Gasteiger partial charge in [-0.05, 0) is 43.3 Å². The number of nitrogens with zero attached hydrogens (tertiary/aromatic N) is 2. The lowest BCUT2D eigenvalue weighted by Gasteiger charge is -2.13. The first kappa shape index (κ1) is 22.8. The Bertz CT molecular complexity index is 1180. The molecule has 0 unspecified atom stereocenters. The summed E-state index contributed by atoms with van der Waals surface area (Å²) >= 11 is 6.15. The van der Waals surface area contributed by atoms with Crippen molar-refractivity contribution < 1.29 is 23.8 Å². The van der Waals surface area contributed by atoms with Crippen LogP contribution in [-0.2, 0) is 9.53 Å². The van der Waals surface area contributed by atoms with E-state index in [0.717, 1.165) is 10.7 Å². The van der Waals surface area contributed by atoms with Crippen LogP contribution in [0.25, 0.3) is 5.69 Å². The van der Waals surface area contributed by atoms with E-state index in [0.29, 0.717) is 11.4 Å². The molecule has 10 heteroatoms. The number of hydrogen-bond acceptors (Lipinski definition) is 7. The highest BCUT2D eigenvalue weighted by Gasteiger charge is 2.21. The second-order valence-corrected chi connectivity index (χ2v) is 6.75. The van der Waals surface area contributed by atoms with Crippen LogP contribution in [0, 0.1) is 0 Å². The van der Waals surface area contributed by atoms with E-state index in [-0.39, 0.29) is 28.8 Å². The number of rotatable bonds is 8. The zero-order valence-electron chi connectivity index (χ0n) is 17.3. The minimum Gasteiger partial charge on any atom is -0.497 e. The lowest BCUT2D eigenvalue weighted by molar-refractivity contribution is -0.118. The quantitative estimate of drug-likeness (QED) is 0.517. The summed E-state index contributed by atoms with van der Waals surface area (Å²) in [5.41, 5.74) is -0.0499. The van der Waals surface area contributed by atoms with Crippen LogP contribution in [-0.4, -0.2) is 42.0 Å². The molecule has 0 fully saturated rings. The molecule has 0 aliphatic carbocycles. The molecule has 1 amide bonds. The van der Waals surface area contributed by atoms with Gasteiger partial charge in [0.15, 0.2) is 12.4 Å². The number of carbonyl (C=O) groups excluding carboxylic acids is 2. The monoisotopic (exact) mass is 457 g/mol. The number of para-hydroxylation sites is 1. The number of esters is 1. The summed E-state index contributed by atoms with van der Waals surface area (Å²) < 4.78 is 16.5. The summed E-state index contributed by atoms with van der Waals surface area (Å²) in [6.07, 6.45) is 0. The Balaban J connectivity index is 1.83. The highest BCUT2D eigenvalue weighted by Crippen LogP contribution is 2.21. The van der Waals surface area contributed by atoms with Crippen LogP contribution in [0.4, 0.5) is 5.69 Å². The zero-order valence-corrected chi connectivity index (χ0v) is 18.1. The first-order valence-electron chi connectivity index (χ1n) is 9.56. The molecule has 9 nitrogen and oxygen atoms in total. The Hall–Kier alpha value is -3.85. The van der Waals surface area contributed by atoms with Gasteiger partial charge in [0.2, 0.25) is 5.69 Å². The van der Waals surface area contributed by atoms with Crippen molar-refractivity contribution in [2.75, 3.05) is 25.6 Å². The first-order chi connectivity index (χ1) is 15.4.